The molecular weight excluding hydrogens is 266 g/mol. The maximum absolute atomic E-state index is 9.06. The molecule has 0 unspecified atom stereocenters. The van der Waals surface area contributed by atoms with Gasteiger partial charge in [-0.3, -0.25) is 9.80 Å². The van der Waals surface area contributed by atoms with Gasteiger partial charge in [-0.25, -0.2) is 0 Å². The third-order valence-corrected chi connectivity index (χ3v) is 4.46. The summed E-state index contributed by atoms with van der Waals surface area (Å²) >= 11 is 0. The highest BCUT2D eigenvalue weighted by molar-refractivity contribution is 5.42. The quantitative estimate of drug-likeness (QED) is 0.832. The van der Waals surface area contributed by atoms with Crippen LogP contribution in [0.5, 0.6) is 5.75 Å². The molecule has 1 aromatic rings. The van der Waals surface area contributed by atoms with Gasteiger partial charge in [-0.05, 0) is 25.2 Å². The first-order chi connectivity index (χ1) is 10.2. The van der Waals surface area contributed by atoms with Crippen molar-refractivity contribution in [3.05, 3.63) is 29.3 Å². The van der Waals surface area contributed by atoms with Gasteiger partial charge in [0.25, 0.3) is 0 Å². The number of nitriles is 1. The minimum absolute atomic E-state index is 0.300. The molecule has 0 bridgehead atoms. The first kappa shape index (κ1) is 14.3. The van der Waals surface area contributed by atoms with Gasteiger partial charge < -0.3 is 9.47 Å². The Hall–Kier alpha value is -1.61. The highest BCUT2D eigenvalue weighted by Gasteiger charge is 2.38. The molecule has 21 heavy (non-hydrogen) atoms. The number of hydrogen-bond donors (Lipinski definition) is 0. The van der Waals surface area contributed by atoms with Crippen LogP contribution in [0.15, 0.2) is 18.2 Å². The number of methoxy groups -OCH3 is 1. The Morgan fingerprint density at radius 1 is 1.43 bits per heavy atom. The molecule has 2 atom stereocenters. The number of likely N-dealkylation sites (N-methyl/N-ethyl adjacent to an activating group) is 1. The van der Waals surface area contributed by atoms with Gasteiger partial charge in [-0.15, -0.1) is 0 Å². The number of nitrogens with zero attached hydrogens (tertiary/aromatic N) is 3. The highest BCUT2D eigenvalue weighted by Crippen LogP contribution is 2.26. The van der Waals surface area contributed by atoms with Gasteiger partial charge >= 0.3 is 0 Å². The van der Waals surface area contributed by atoms with Crippen LogP contribution in [0, 0.1) is 11.3 Å². The van der Waals surface area contributed by atoms with Crippen LogP contribution in [0.2, 0.25) is 0 Å². The molecule has 5 heteroatoms. The molecule has 112 valence electrons. The van der Waals surface area contributed by atoms with Gasteiger partial charge in [0.2, 0.25) is 0 Å². The van der Waals surface area contributed by atoms with E-state index in [0.29, 0.717) is 17.7 Å². The van der Waals surface area contributed by atoms with E-state index >= 15 is 0 Å². The molecule has 0 saturated carbocycles. The Morgan fingerprint density at radius 3 is 3.00 bits per heavy atom. The summed E-state index contributed by atoms with van der Waals surface area (Å²) in [6.07, 6.45) is 0.300. The Labute approximate surface area is 125 Å². The largest absolute Gasteiger partial charge is 0.496 e. The molecule has 2 saturated heterocycles. The number of rotatable bonds is 3. The third-order valence-electron chi connectivity index (χ3n) is 4.46. The summed E-state index contributed by atoms with van der Waals surface area (Å²) in [5.41, 5.74) is 1.74. The SMILES string of the molecule is COc1ccc(C#N)cc1CN1C[C@H]2OCCN(C)[C@H]2C1. The monoisotopic (exact) mass is 287 g/mol. The second kappa shape index (κ2) is 6.02. The van der Waals surface area contributed by atoms with Crippen molar-refractivity contribution in [1.29, 1.82) is 5.26 Å². The topological polar surface area (TPSA) is 48.7 Å². The molecule has 0 aliphatic carbocycles. The van der Waals surface area contributed by atoms with E-state index < -0.39 is 0 Å². The van der Waals surface area contributed by atoms with E-state index in [1.165, 1.54) is 0 Å². The highest BCUT2D eigenvalue weighted by atomic mass is 16.5. The minimum Gasteiger partial charge on any atom is -0.496 e. The van der Waals surface area contributed by atoms with Crippen molar-refractivity contribution in [2.75, 3.05) is 40.4 Å². The Bertz CT molecular complexity index is 555. The van der Waals surface area contributed by atoms with Crippen LogP contribution in [0.3, 0.4) is 0 Å². The summed E-state index contributed by atoms with van der Waals surface area (Å²) in [4.78, 5) is 4.77. The van der Waals surface area contributed by atoms with Crippen LogP contribution in [-0.2, 0) is 11.3 Å². The van der Waals surface area contributed by atoms with Crippen molar-refractivity contribution < 1.29 is 9.47 Å². The van der Waals surface area contributed by atoms with Gasteiger partial charge in [0.05, 0.1) is 31.5 Å². The number of likely N-dealkylation sites (tertiary alicyclic amines) is 1. The normalized spacial score (nSPS) is 26.3. The lowest BCUT2D eigenvalue weighted by Crippen LogP contribution is -2.48. The number of fused-ring (bicyclic) bond motifs is 1. The lowest BCUT2D eigenvalue weighted by atomic mass is 10.1. The van der Waals surface area contributed by atoms with E-state index in [1.807, 2.05) is 12.1 Å². The van der Waals surface area contributed by atoms with Crippen LogP contribution in [-0.4, -0.2) is 62.3 Å². The van der Waals surface area contributed by atoms with Gasteiger partial charge in [0.15, 0.2) is 0 Å². The van der Waals surface area contributed by atoms with Crippen LogP contribution in [0.25, 0.3) is 0 Å². The fourth-order valence-corrected chi connectivity index (χ4v) is 3.28. The fraction of sp³-hybridized carbons (Fsp3) is 0.562. The zero-order valence-electron chi connectivity index (χ0n) is 12.6. The Balaban J connectivity index is 1.74. The molecule has 0 spiro atoms. The molecule has 2 fully saturated rings. The zero-order valence-corrected chi connectivity index (χ0v) is 12.6. The molecule has 5 nitrogen and oxygen atoms in total. The van der Waals surface area contributed by atoms with Crippen molar-refractivity contribution in [3.8, 4) is 11.8 Å². The van der Waals surface area contributed by atoms with E-state index in [1.54, 1.807) is 13.2 Å². The second-order valence-corrected chi connectivity index (χ2v) is 5.79. The average Bonchev–Trinajstić information content (AvgIpc) is 2.91. The summed E-state index contributed by atoms with van der Waals surface area (Å²) in [5.74, 6) is 0.846. The summed E-state index contributed by atoms with van der Waals surface area (Å²) < 4.78 is 11.3. The van der Waals surface area contributed by atoms with Crippen LogP contribution >= 0.6 is 0 Å². The Morgan fingerprint density at radius 2 is 2.29 bits per heavy atom. The third kappa shape index (κ3) is 2.88. The van der Waals surface area contributed by atoms with E-state index in [-0.39, 0.29) is 0 Å². The van der Waals surface area contributed by atoms with E-state index in [0.717, 1.165) is 44.1 Å². The molecule has 2 aliphatic rings. The number of benzene rings is 1. The van der Waals surface area contributed by atoms with Crippen LogP contribution in [0.4, 0.5) is 0 Å². The minimum atomic E-state index is 0.300. The van der Waals surface area contributed by atoms with Crippen molar-refractivity contribution in [2.24, 2.45) is 0 Å². The molecule has 0 radical (unpaired) electrons. The van der Waals surface area contributed by atoms with Gasteiger partial charge in [-0.1, -0.05) is 0 Å². The molecular formula is C16H21N3O2. The molecule has 0 N–H and O–H groups in total. The van der Waals surface area contributed by atoms with Crippen molar-refractivity contribution in [3.63, 3.8) is 0 Å². The van der Waals surface area contributed by atoms with E-state index in [4.69, 9.17) is 14.7 Å². The average molecular weight is 287 g/mol. The molecule has 2 heterocycles. The molecule has 0 aromatic heterocycles. The van der Waals surface area contributed by atoms with Gasteiger partial charge in [0, 0.05) is 37.8 Å². The standard InChI is InChI=1S/C16H21N3O2/c1-18-5-6-21-16-11-19(10-14(16)18)9-13-7-12(8-17)3-4-15(13)20-2/h3-4,7,14,16H,5-6,9-11H2,1-2H3/t14-,16+/m0/s1. The smallest absolute Gasteiger partial charge is 0.123 e. The first-order valence-corrected chi connectivity index (χ1v) is 7.32. The second-order valence-electron chi connectivity index (χ2n) is 5.79. The van der Waals surface area contributed by atoms with Gasteiger partial charge in [0.1, 0.15) is 5.75 Å². The van der Waals surface area contributed by atoms with Crippen LogP contribution < -0.4 is 4.74 Å². The summed E-state index contributed by atoms with van der Waals surface area (Å²) in [5, 5.41) is 9.06. The summed E-state index contributed by atoms with van der Waals surface area (Å²) in [7, 11) is 3.84. The number of ether oxygens (including phenoxy) is 2. The summed E-state index contributed by atoms with van der Waals surface area (Å²) in [6.45, 7) is 4.56. The lowest BCUT2D eigenvalue weighted by molar-refractivity contribution is -0.0370. The fourth-order valence-electron chi connectivity index (χ4n) is 3.28. The number of morpholine rings is 1. The van der Waals surface area contributed by atoms with Crippen molar-refractivity contribution in [2.45, 2.75) is 18.7 Å². The molecule has 0 amide bonds. The van der Waals surface area contributed by atoms with Crippen LogP contribution in [0.1, 0.15) is 11.1 Å². The lowest BCUT2D eigenvalue weighted by Gasteiger charge is -2.33. The maximum Gasteiger partial charge on any atom is 0.123 e. The number of hydrogen-bond acceptors (Lipinski definition) is 5. The predicted molar refractivity (Wildman–Crippen MR) is 79.1 cm³/mol. The van der Waals surface area contributed by atoms with Crippen molar-refractivity contribution in [1.82, 2.24) is 9.80 Å². The first-order valence-electron chi connectivity index (χ1n) is 7.32. The van der Waals surface area contributed by atoms with E-state index in [9.17, 15) is 0 Å². The van der Waals surface area contributed by atoms with E-state index in [2.05, 4.69) is 22.9 Å². The predicted octanol–water partition coefficient (Wildman–Crippen LogP) is 1.08. The van der Waals surface area contributed by atoms with Gasteiger partial charge in [-0.2, -0.15) is 5.26 Å². The molecule has 2 aliphatic heterocycles. The maximum atomic E-state index is 9.06. The van der Waals surface area contributed by atoms with Crippen molar-refractivity contribution >= 4 is 0 Å². The summed E-state index contributed by atoms with van der Waals surface area (Å²) in [6, 6.07) is 8.26. The Kier molecular flexibility index (Phi) is 4.11. The zero-order chi connectivity index (χ0) is 14.8. The molecule has 3 rings (SSSR count). The molecule has 1 aromatic carbocycles.